The van der Waals surface area contributed by atoms with Crippen molar-refractivity contribution in [2.24, 2.45) is 0 Å². The topological polar surface area (TPSA) is 91.9 Å². The molecule has 2 N–H and O–H groups in total. The highest BCUT2D eigenvalue weighted by Crippen LogP contribution is 2.27. The molecule has 2 aromatic rings. The van der Waals surface area contributed by atoms with Crippen LogP contribution in [0.1, 0.15) is 13.3 Å². The van der Waals surface area contributed by atoms with E-state index >= 15 is 0 Å². The number of benzene rings is 1. The van der Waals surface area contributed by atoms with E-state index in [1.165, 1.54) is 12.3 Å². The van der Waals surface area contributed by atoms with Crippen LogP contribution in [0.4, 0.5) is 11.4 Å². The molecule has 0 unspecified atom stereocenters. The number of hydrogen-bond donors (Lipinski definition) is 2. The van der Waals surface area contributed by atoms with Crippen LogP contribution in [0.2, 0.25) is 5.02 Å². The van der Waals surface area contributed by atoms with Gasteiger partial charge in [0.15, 0.2) is 9.84 Å². The van der Waals surface area contributed by atoms with Crippen LogP contribution in [0.5, 0.6) is 0 Å². The van der Waals surface area contributed by atoms with Crippen molar-refractivity contribution in [2.45, 2.75) is 18.2 Å². The summed E-state index contributed by atoms with van der Waals surface area (Å²) in [5, 5.41) is 8.61. The summed E-state index contributed by atoms with van der Waals surface area (Å²) >= 11 is 5.88. The maximum absolute atomic E-state index is 12.2. The van der Waals surface area contributed by atoms with Crippen molar-refractivity contribution >= 4 is 32.8 Å². The number of H-pyrrole nitrogens is 1. The molecule has 1 aromatic heterocycles. The molecule has 1 aromatic carbocycles. The zero-order chi connectivity index (χ0) is 15.5. The molecule has 0 aliphatic rings. The van der Waals surface area contributed by atoms with E-state index in [1.807, 2.05) is 0 Å². The van der Waals surface area contributed by atoms with E-state index in [2.05, 4.69) is 15.5 Å². The van der Waals surface area contributed by atoms with E-state index in [9.17, 15) is 13.2 Å². The minimum atomic E-state index is -3.40. The van der Waals surface area contributed by atoms with Gasteiger partial charge >= 0.3 is 0 Å². The second-order valence-electron chi connectivity index (χ2n) is 4.37. The Hall–Kier alpha value is -1.86. The number of aromatic nitrogens is 2. The molecule has 6 nitrogen and oxygen atoms in total. The summed E-state index contributed by atoms with van der Waals surface area (Å²) in [5.41, 5.74) is 0.0652. The summed E-state index contributed by atoms with van der Waals surface area (Å²) in [6.45, 7) is 1.80. The zero-order valence-corrected chi connectivity index (χ0v) is 12.8. The van der Waals surface area contributed by atoms with Gasteiger partial charge in [-0.3, -0.25) is 4.79 Å². The van der Waals surface area contributed by atoms with E-state index in [0.717, 1.165) is 0 Å². The van der Waals surface area contributed by atoms with Gasteiger partial charge in [0.2, 0.25) is 0 Å². The summed E-state index contributed by atoms with van der Waals surface area (Å²) in [7, 11) is -3.40. The van der Waals surface area contributed by atoms with Crippen LogP contribution >= 0.6 is 11.6 Å². The third-order valence-corrected chi connectivity index (χ3v) is 5.11. The van der Waals surface area contributed by atoms with Crippen LogP contribution in [0.15, 0.2) is 40.2 Å². The van der Waals surface area contributed by atoms with Gasteiger partial charge in [-0.2, -0.15) is 5.10 Å². The van der Waals surface area contributed by atoms with Gasteiger partial charge in [-0.15, -0.1) is 0 Å². The molecule has 0 aliphatic carbocycles. The normalized spacial score (nSPS) is 11.3. The lowest BCUT2D eigenvalue weighted by molar-refractivity contribution is 0.595. The fraction of sp³-hybridized carbons (Fsp3) is 0.231. The molecule has 2 rings (SSSR count). The fourth-order valence-corrected chi connectivity index (χ4v) is 3.47. The van der Waals surface area contributed by atoms with Crippen molar-refractivity contribution < 1.29 is 8.42 Å². The third-order valence-electron chi connectivity index (χ3n) is 2.76. The Labute approximate surface area is 127 Å². The van der Waals surface area contributed by atoms with Gasteiger partial charge in [0.05, 0.1) is 28.2 Å². The number of nitrogens with one attached hydrogen (secondary N) is 2. The zero-order valence-electron chi connectivity index (χ0n) is 11.3. The maximum Gasteiger partial charge on any atom is 0.285 e. The van der Waals surface area contributed by atoms with Crippen LogP contribution in [0, 0.1) is 0 Å². The molecule has 0 atom stereocenters. The summed E-state index contributed by atoms with van der Waals surface area (Å²) < 4.78 is 24.5. The van der Waals surface area contributed by atoms with E-state index in [1.54, 1.807) is 25.1 Å². The number of rotatable bonds is 5. The number of nitrogens with zero attached hydrogens (tertiary/aromatic N) is 1. The van der Waals surface area contributed by atoms with Gasteiger partial charge in [0.1, 0.15) is 5.02 Å². The lowest BCUT2D eigenvalue weighted by Crippen LogP contribution is -2.12. The number of para-hydroxylation sites is 1. The Kier molecular flexibility index (Phi) is 4.64. The Morgan fingerprint density at radius 3 is 2.71 bits per heavy atom. The highest BCUT2D eigenvalue weighted by molar-refractivity contribution is 7.91. The highest BCUT2D eigenvalue weighted by Gasteiger charge is 2.18. The average Bonchev–Trinajstić information content (AvgIpc) is 2.44. The predicted octanol–water partition coefficient (Wildman–Crippen LogP) is 2.35. The molecule has 0 bridgehead atoms. The fourth-order valence-electron chi connectivity index (χ4n) is 1.84. The molecule has 21 heavy (non-hydrogen) atoms. The first-order valence-corrected chi connectivity index (χ1v) is 8.30. The summed E-state index contributed by atoms with van der Waals surface area (Å²) in [4.78, 5) is 11.6. The lowest BCUT2D eigenvalue weighted by Gasteiger charge is -2.12. The van der Waals surface area contributed by atoms with Crippen molar-refractivity contribution in [3.63, 3.8) is 0 Å². The molecule has 0 amide bonds. The molecule has 0 aliphatic heterocycles. The first-order chi connectivity index (χ1) is 9.95. The summed E-state index contributed by atoms with van der Waals surface area (Å²) in [6, 6.07) is 6.47. The van der Waals surface area contributed by atoms with Crippen molar-refractivity contribution in [1.82, 2.24) is 10.2 Å². The van der Waals surface area contributed by atoms with Crippen LogP contribution in [-0.4, -0.2) is 24.4 Å². The van der Waals surface area contributed by atoms with E-state index < -0.39 is 15.4 Å². The molecule has 0 saturated carbocycles. The number of hydrogen-bond acceptors (Lipinski definition) is 5. The maximum atomic E-state index is 12.2. The van der Waals surface area contributed by atoms with Crippen molar-refractivity contribution in [3.8, 4) is 0 Å². The first-order valence-electron chi connectivity index (χ1n) is 6.27. The quantitative estimate of drug-likeness (QED) is 0.879. The Morgan fingerprint density at radius 2 is 2.00 bits per heavy atom. The minimum Gasteiger partial charge on any atom is -0.352 e. The van der Waals surface area contributed by atoms with Crippen LogP contribution < -0.4 is 10.9 Å². The van der Waals surface area contributed by atoms with E-state index in [4.69, 9.17) is 11.6 Å². The van der Waals surface area contributed by atoms with Gasteiger partial charge in [-0.05, 0) is 18.6 Å². The molecular weight excluding hydrogens is 314 g/mol. The largest absolute Gasteiger partial charge is 0.352 e. The monoisotopic (exact) mass is 327 g/mol. The first kappa shape index (κ1) is 15.5. The Balaban J connectivity index is 2.47. The van der Waals surface area contributed by atoms with Gasteiger partial charge < -0.3 is 5.32 Å². The average molecular weight is 328 g/mol. The molecule has 0 radical (unpaired) electrons. The number of sulfone groups is 1. The second-order valence-corrected chi connectivity index (χ2v) is 6.82. The summed E-state index contributed by atoms with van der Waals surface area (Å²) in [5.74, 6) is 0.0487. The van der Waals surface area contributed by atoms with Crippen LogP contribution in [-0.2, 0) is 9.84 Å². The van der Waals surface area contributed by atoms with E-state index in [0.29, 0.717) is 12.1 Å². The summed E-state index contributed by atoms with van der Waals surface area (Å²) in [6.07, 6.45) is 1.84. The molecule has 0 saturated heterocycles. The SMILES string of the molecule is CCCS(=O)(=O)c1ccccc1Nc1cn[nH]c(=O)c1Cl. The minimum absolute atomic E-state index is 0.0487. The van der Waals surface area contributed by atoms with Crippen LogP contribution in [0.3, 0.4) is 0 Å². The Morgan fingerprint density at radius 1 is 1.29 bits per heavy atom. The molecule has 0 fully saturated rings. The predicted molar refractivity (Wildman–Crippen MR) is 81.9 cm³/mol. The van der Waals surface area contributed by atoms with Gasteiger partial charge in [0, 0.05) is 0 Å². The standard InChI is InChI=1S/C13H14ClN3O3S/c1-2-7-21(19,20)11-6-4-3-5-9(11)16-10-8-15-17-13(18)12(10)14/h3-6,8H,2,7H2,1H3,(H2,16,17,18). The lowest BCUT2D eigenvalue weighted by atomic mass is 10.3. The number of anilines is 2. The third kappa shape index (κ3) is 3.43. The molecule has 8 heteroatoms. The van der Waals surface area contributed by atoms with Crippen molar-refractivity contribution in [2.75, 3.05) is 11.1 Å². The molecule has 112 valence electrons. The highest BCUT2D eigenvalue weighted by atomic mass is 35.5. The van der Waals surface area contributed by atoms with Crippen molar-refractivity contribution in [1.29, 1.82) is 0 Å². The second kappa shape index (κ2) is 6.28. The van der Waals surface area contributed by atoms with Crippen molar-refractivity contribution in [3.05, 3.63) is 45.8 Å². The van der Waals surface area contributed by atoms with Gasteiger partial charge in [-0.25, -0.2) is 13.5 Å². The Bertz CT molecular complexity index is 802. The molecule has 1 heterocycles. The van der Waals surface area contributed by atoms with Gasteiger partial charge in [0.25, 0.3) is 5.56 Å². The smallest absolute Gasteiger partial charge is 0.285 e. The van der Waals surface area contributed by atoms with Gasteiger partial charge in [-0.1, -0.05) is 30.7 Å². The number of aromatic amines is 1. The molecule has 0 spiro atoms. The molecular formula is C13H14ClN3O3S. The number of halogens is 1. The van der Waals surface area contributed by atoms with Crippen LogP contribution in [0.25, 0.3) is 0 Å². The van der Waals surface area contributed by atoms with E-state index in [-0.39, 0.29) is 21.4 Å².